The number of benzene rings is 1. The summed E-state index contributed by atoms with van der Waals surface area (Å²) in [5, 5.41) is 16.9. The number of ether oxygens (including phenoxy) is 4. The zero-order chi connectivity index (χ0) is 30.1. The van der Waals surface area contributed by atoms with Gasteiger partial charge >= 0.3 is 12.1 Å². The van der Waals surface area contributed by atoms with E-state index in [1.165, 1.54) is 7.11 Å². The molecule has 2 amide bonds. The van der Waals surface area contributed by atoms with E-state index in [9.17, 15) is 19.5 Å². The molecule has 224 valence electrons. The van der Waals surface area contributed by atoms with E-state index in [1.54, 1.807) is 39.0 Å². The molecule has 11 heteroatoms. The molecule has 3 aliphatic heterocycles. The van der Waals surface area contributed by atoms with Gasteiger partial charge in [0, 0.05) is 18.8 Å². The lowest BCUT2D eigenvalue weighted by Gasteiger charge is -2.39. The van der Waals surface area contributed by atoms with Crippen LogP contribution in [0.2, 0.25) is 5.02 Å². The first-order chi connectivity index (χ1) is 19.2. The maximum Gasteiger partial charge on any atom is 0.409 e. The summed E-state index contributed by atoms with van der Waals surface area (Å²) in [5.41, 5.74) is -0.302. The molecule has 2 fully saturated rings. The standard InChI is InChI=1S/C30H39ClN2O8/c1-16(2)27(35)40-23-14-24(34)32-20-12-19(13-21(38-6)25(20)31)11-17(3)9-7-8-10-30(37)15-22(39-28(36)33-30)18(4)26-29(23,5)41-26/h7-9,12-13,16,18,22-23,26,37H,10-11,14-15H2,1-6H3,(H,32,34)(H,33,36)/b8-7+,17-9-/t18-,22+,23+,26+,29+,30-/m1/s1. The summed E-state index contributed by atoms with van der Waals surface area (Å²) < 4.78 is 22.9. The monoisotopic (exact) mass is 590 g/mol. The van der Waals surface area contributed by atoms with Crippen LogP contribution in [-0.4, -0.2) is 59.8 Å². The number of hydrogen-bond donors (Lipinski definition) is 3. The molecule has 0 unspecified atom stereocenters. The van der Waals surface area contributed by atoms with Crippen LogP contribution in [-0.2, 0) is 30.2 Å². The number of carbonyl (C=O) groups excluding carboxylic acids is 3. The van der Waals surface area contributed by atoms with Crippen LogP contribution in [0.4, 0.5) is 10.5 Å². The molecule has 1 aromatic carbocycles. The van der Waals surface area contributed by atoms with Crippen molar-refractivity contribution in [3.63, 3.8) is 0 Å². The smallest absolute Gasteiger partial charge is 0.409 e. The van der Waals surface area contributed by atoms with E-state index in [1.807, 2.05) is 26.0 Å². The maximum absolute atomic E-state index is 13.4. The van der Waals surface area contributed by atoms with Crippen molar-refractivity contribution in [1.29, 1.82) is 0 Å². The number of carbonyl (C=O) groups is 3. The molecule has 3 heterocycles. The molecule has 1 aromatic rings. The van der Waals surface area contributed by atoms with Gasteiger partial charge in [-0.25, -0.2) is 4.79 Å². The average molecular weight is 591 g/mol. The number of amides is 2. The van der Waals surface area contributed by atoms with Crippen LogP contribution < -0.4 is 15.4 Å². The Balaban J connectivity index is 1.72. The van der Waals surface area contributed by atoms with Crippen LogP contribution in [0.25, 0.3) is 0 Å². The van der Waals surface area contributed by atoms with Gasteiger partial charge < -0.3 is 29.4 Å². The van der Waals surface area contributed by atoms with Crippen LogP contribution >= 0.6 is 11.6 Å². The number of epoxide rings is 1. The molecule has 2 saturated heterocycles. The molecule has 4 bridgehead atoms. The molecule has 4 rings (SSSR count). The highest BCUT2D eigenvalue weighted by atomic mass is 35.5. The number of rotatable bonds is 3. The summed E-state index contributed by atoms with van der Waals surface area (Å²) in [7, 11) is 1.50. The van der Waals surface area contributed by atoms with Gasteiger partial charge in [0.15, 0.2) is 0 Å². The fourth-order valence-electron chi connectivity index (χ4n) is 5.41. The highest BCUT2D eigenvalue weighted by Crippen LogP contribution is 2.49. The largest absolute Gasteiger partial charge is 0.495 e. The number of hydrogen-bond acceptors (Lipinski definition) is 8. The zero-order valence-electron chi connectivity index (χ0n) is 24.3. The average Bonchev–Trinajstić information content (AvgIpc) is 3.58. The van der Waals surface area contributed by atoms with Crippen molar-refractivity contribution in [3.05, 3.63) is 46.5 Å². The van der Waals surface area contributed by atoms with Crippen molar-refractivity contribution < 1.29 is 38.4 Å². The number of fused-ring (bicyclic) bond motifs is 5. The summed E-state index contributed by atoms with van der Waals surface area (Å²) >= 11 is 6.55. The Morgan fingerprint density at radius 3 is 2.68 bits per heavy atom. The molecule has 0 saturated carbocycles. The molecule has 0 aliphatic carbocycles. The predicted octanol–water partition coefficient (Wildman–Crippen LogP) is 4.67. The molecule has 41 heavy (non-hydrogen) atoms. The number of allylic oxidation sites excluding steroid dienone is 3. The minimum Gasteiger partial charge on any atom is -0.495 e. The van der Waals surface area contributed by atoms with Crippen molar-refractivity contribution in [2.75, 3.05) is 12.4 Å². The fraction of sp³-hybridized carbons (Fsp3) is 0.567. The van der Waals surface area contributed by atoms with Gasteiger partial charge in [-0.1, -0.05) is 56.2 Å². The lowest BCUT2D eigenvalue weighted by Crippen LogP contribution is -2.57. The second-order valence-electron chi connectivity index (χ2n) is 11.7. The van der Waals surface area contributed by atoms with Gasteiger partial charge in [0.2, 0.25) is 5.91 Å². The minimum absolute atomic E-state index is 0.129. The fourth-order valence-corrected chi connectivity index (χ4v) is 5.65. The van der Waals surface area contributed by atoms with E-state index in [-0.39, 0.29) is 30.2 Å². The second kappa shape index (κ2) is 12.0. The van der Waals surface area contributed by atoms with Crippen LogP contribution in [0, 0.1) is 11.8 Å². The SMILES string of the molecule is COc1cc2cc(c1Cl)NC(=O)C[C@H](OC(=O)C(C)C)[C@]1(C)O[C@H]1[C@H](C)[C@@H]1C[C@](O)(C/C=C/C=C(/C)C2)NC(=O)O1. The van der Waals surface area contributed by atoms with Gasteiger partial charge in [-0.15, -0.1) is 0 Å². The van der Waals surface area contributed by atoms with E-state index in [2.05, 4.69) is 10.6 Å². The molecule has 10 nitrogen and oxygen atoms in total. The van der Waals surface area contributed by atoms with Crippen molar-refractivity contribution in [1.82, 2.24) is 5.32 Å². The normalized spacial score (nSPS) is 34.2. The van der Waals surface area contributed by atoms with Crippen molar-refractivity contribution in [3.8, 4) is 5.75 Å². The molecular formula is C30H39ClN2O8. The maximum atomic E-state index is 13.4. The number of aliphatic hydroxyl groups is 1. The highest BCUT2D eigenvalue weighted by molar-refractivity contribution is 6.35. The van der Waals surface area contributed by atoms with Crippen molar-refractivity contribution in [2.45, 2.75) is 89.9 Å². The summed E-state index contributed by atoms with van der Waals surface area (Å²) in [5.74, 6) is -1.28. The number of esters is 1. The van der Waals surface area contributed by atoms with Crippen molar-refractivity contribution in [2.24, 2.45) is 11.8 Å². The summed E-state index contributed by atoms with van der Waals surface area (Å²) in [6.45, 7) is 8.99. The summed E-state index contributed by atoms with van der Waals surface area (Å²) in [6.07, 6.45) is 3.34. The van der Waals surface area contributed by atoms with Gasteiger partial charge in [0.05, 0.1) is 31.2 Å². The molecule has 0 spiro atoms. The van der Waals surface area contributed by atoms with E-state index < -0.39 is 53.5 Å². The number of anilines is 1. The lowest BCUT2D eigenvalue weighted by molar-refractivity contribution is -0.157. The van der Waals surface area contributed by atoms with Crippen LogP contribution in [0.1, 0.15) is 59.4 Å². The Hall–Kier alpha value is -3.08. The zero-order valence-corrected chi connectivity index (χ0v) is 25.0. The third-order valence-electron chi connectivity index (χ3n) is 7.87. The first-order valence-electron chi connectivity index (χ1n) is 13.8. The Labute approximate surface area is 245 Å². The highest BCUT2D eigenvalue weighted by Gasteiger charge is 2.64. The van der Waals surface area contributed by atoms with Gasteiger partial charge in [-0.3, -0.25) is 14.9 Å². The number of halogens is 1. The van der Waals surface area contributed by atoms with Crippen LogP contribution in [0.15, 0.2) is 35.9 Å². The van der Waals surface area contributed by atoms with Crippen LogP contribution in [0.5, 0.6) is 5.75 Å². The third-order valence-corrected chi connectivity index (χ3v) is 8.26. The molecule has 3 aliphatic rings. The van der Waals surface area contributed by atoms with Gasteiger partial charge in [-0.2, -0.15) is 0 Å². The van der Waals surface area contributed by atoms with Gasteiger partial charge in [-0.05, 0) is 38.0 Å². The minimum atomic E-state index is -1.51. The van der Waals surface area contributed by atoms with E-state index in [4.69, 9.17) is 30.5 Å². The van der Waals surface area contributed by atoms with Crippen LogP contribution in [0.3, 0.4) is 0 Å². The number of nitrogens with one attached hydrogen (secondary N) is 2. The van der Waals surface area contributed by atoms with Gasteiger partial charge in [0.1, 0.15) is 34.3 Å². The second-order valence-corrected chi connectivity index (χ2v) is 12.1. The molecule has 6 atom stereocenters. The molecular weight excluding hydrogens is 552 g/mol. The Morgan fingerprint density at radius 1 is 1.27 bits per heavy atom. The topological polar surface area (TPSA) is 136 Å². The van der Waals surface area contributed by atoms with E-state index in [0.717, 1.165) is 11.1 Å². The quantitative estimate of drug-likeness (QED) is 0.341. The number of alkyl carbamates (subject to hydrolysis) is 1. The Morgan fingerprint density at radius 2 is 2.00 bits per heavy atom. The molecule has 3 N–H and O–H groups in total. The lowest BCUT2D eigenvalue weighted by atomic mass is 9.84. The summed E-state index contributed by atoms with van der Waals surface area (Å²) in [6, 6.07) is 3.59. The predicted molar refractivity (Wildman–Crippen MR) is 153 cm³/mol. The van der Waals surface area contributed by atoms with E-state index >= 15 is 0 Å². The van der Waals surface area contributed by atoms with E-state index in [0.29, 0.717) is 17.9 Å². The first-order valence-corrected chi connectivity index (χ1v) is 14.2. The molecule has 0 radical (unpaired) electrons. The van der Waals surface area contributed by atoms with Crippen molar-refractivity contribution >= 4 is 35.3 Å². The molecule has 0 aromatic heterocycles. The summed E-state index contributed by atoms with van der Waals surface area (Å²) in [4.78, 5) is 38.5. The van der Waals surface area contributed by atoms with Gasteiger partial charge in [0.25, 0.3) is 0 Å². The first kappa shape index (κ1) is 30.9. The Bertz CT molecular complexity index is 1260. The third kappa shape index (κ3) is 7.05. The number of methoxy groups -OCH3 is 1. The Kier molecular flexibility index (Phi) is 9.06.